The third-order valence-electron chi connectivity index (χ3n) is 5.15. The lowest BCUT2D eigenvalue weighted by atomic mass is 10.2. The molecule has 5 rings (SSSR count). The average Bonchev–Trinajstić information content (AvgIpc) is 3.03. The van der Waals surface area contributed by atoms with E-state index in [-0.39, 0.29) is 0 Å². The first-order valence-corrected chi connectivity index (χ1v) is 9.11. The molecule has 0 saturated carbocycles. The van der Waals surface area contributed by atoms with Crippen LogP contribution in [-0.4, -0.2) is 24.5 Å². The molecule has 0 unspecified atom stereocenters. The molecule has 132 valence electrons. The quantitative estimate of drug-likeness (QED) is 0.489. The molecule has 27 heavy (non-hydrogen) atoms. The predicted octanol–water partition coefficient (Wildman–Crippen LogP) is 4.16. The van der Waals surface area contributed by atoms with Gasteiger partial charge in [-0.3, -0.25) is 9.97 Å². The molecule has 0 radical (unpaired) electrons. The molecular formula is C22H19N5. The summed E-state index contributed by atoms with van der Waals surface area (Å²) < 4.78 is 2.17. The predicted molar refractivity (Wildman–Crippen MR) is 108 cm³/mol. The monoisotopic (exact) mass is 353 g/mol. The molecule has 0 saturated heterocycles. The molecule has 0 aliphatic rings. The van der Waals surface area contributed by atoms with Crippen LogP contribution in [0.4, 0.5) is 0 Å². The number of para-hydroxylation sites is 1. The van der Waals surface area contributed by atoms with Crippen LogP contribution < -0.4 is 0 Å². The molecule has 0 atom stereocenters. The van der Waals surface area contributed by atoms with Crippen LogP contribution in [0, 0.1) is 6.92 Å². The second kappa shape index (κ2) is 6.13. The normalized spacial score (nSPS) is 11.6. The van der Waals surface area contributed by atoms with Gasteiger partial charge < -0.3 is 4.57 Å². The molecule has 2 aromatic carbocycles. The standard InChI is InChI=1S/C22H19N5/c1-14-5-3-7-18-21(14)25-15(13-24-18)8-11-20-26-22-16-6-4-12-23-17(16)9-10-19(22)27(20)2/h3-7,9-10,12-13H,8,11H2,1-2H3. The molecule has 0 amide bonds. The van der Waals surface area contributed by atoms with Crippen molar-refractivity contribution in [3.8, 4) is 0 Å². The van der Waals surface area contributed by atoms with Crippen molar-refractivity contribution in [1.82, 2.24) is 24.5 Å². The Bertz CT molecular complexity index is 1300. The SMILES string of the molecule is Cc1cccc2ncc(CCc3nc4c5cccnc5ccc4n3C)nc12. The fourth-order valence-electron chi connectivity index (χ4n) is 3.65. The van der Waals surface area contributed by atoms with Crippen LogP contribution in [0.15, 0.2) is 54.9 Å². The lowest BCUT2D eigenvalue weighted by Crippen LogP contribution is -2.02. The Kier molecular flexibility index (Phi) is 3.60. The highest BCUT2D eigenvalue weighted by Gasteiger charge is 2.12. The minimum absolute atomic E-state index is 0.810. The van der Waals surface area contributed by atoms with Gasteiger partial charge in [0.1, 0.15) is 5.82 Å². The van der Waals surface area contributed by atoms with Crippen molar-refractivity contribution in [2.24, 2.45) is 7.05 Å². The van der Waals surface area contributed by atoms with Gasteiger partial charge in [-0.1, -0.05) is 12.1 Å². The van der Waals surface area contributed by atoms with E-state index in [1.54, 1.807) is 0 Å². The summed E-state index contributed by atoms with van der Waals surface area (Å²) in [6, 6.07) is 14.3. The van der Waals surface area contributed by atoms with Gasteiger partial charge in [-0.15, -0.1) is 0 Å². The zero-order chi connectivity index (χ0) is 18.4. The van der Waals surface area contributed by atoms with Crippen LogP contribution in [0.5, 0.6) is 0 Å². The van der Waals surface area contributed by atoms with Crippen LogP contribution in [0.2, 0.25) is 0 Å². The maximum Gasteiger partial charge on any atom is 0.110 e. The van der Waals surface area contributed by atoms with Crippen LogP contribution in [0.3, 0.4) is 0 Å². The van der Waals surface area contributed by atoms with Crippen molar-refractivity contribution in [2.75, 3.05) is 0 Å². The van der Waals surface area contributed by atoms with E-state index in [1.165, 1.54) is 0 Å². The van der Waals surface area contributed by atoms with Crippen molar-refractivity contribution >= 4 is 33.0 Å². The molecule has 5 heteroatoms. The number of pyridine rings is 1. The van der Waals surface area contributed by atoms with Crippen molar-refractivity contribution in [3.05, 3.63) is 71.9 Å². The number of hydrogen-bond acceptors (Lipinski definition) is 4. The van der Waals surface area contributed by atoms with E-state index in [1.807, 2.05) is 30.6 Å². The summed E-state index contributed by atoms with van der Waals surface area (Å²) in [5.41, 5.74) is 7.20. The molecule has 0 spiro atoms. The van der Waals surface area contributed by atoms with Crippen LogP contribution >= 0.6 is 0 Å². The highest BCUT2D eigenvalue weighted by molar-refractivity contribution is 6.02. The molecule has 0 N–H and O–H groups in total. The maximum atomic E-state index is 4.91. The molecule has 3 heterocycles. The molecule has 3 aromatic heterocycles. The Balaban J connectivity index is 1.51. The molecule has 5 aromatic rings. The van der Waals surface area contributed by atoms with E-state index in [2.05, 4.69) is 52.8 Å². The van der Waals surface area contributed by atoms with Crippen molar-refractivity contribution < 1.29 is 0 Å². The Morgan fingerprint density at radius 3 is 2.70 bits per heavy atom. The van der Waals surface area contributed by atoms with Crippen LogP contribution in [0.1, 0.15) is 17.1 Å². The summed E-state index contributed by atoms with van der Waals surface area (Å²) in [4.78, 5) is 18.7. The van der Waals surface area contributed by atoms with E-state index >= 15 is 0 Å². The van der Waals surface area contributed by atoms with Gasteiger partial charge in [0.15, 0.2) is 0 Å². The fourth-order valence-corrected chi connectivity index (χ4v) is 3.65. The first kappa shape index (κ1) is 15.9. The van der Waals surface area contributed by atoms with Gasteiger partial charge in [-0.2, -0.15) is 0 Å². The van der Waals surface area contributed by atoms with E-state index < -0.39 is 0 Å². The number of fused-ring (bicyclic) bond motifs is 4. The summed E-state index contributed by atoms with van der Waals surface area (Å²) in [5.74, 6) is 1.05. The van der Waals surface area contributed by atoms with Gasteiger partial charge in [0, 0.05) is 31.2 Å². The number of nitrogens with zero attached hydrogens (tertiary/aromatic N) is 5. The highest BCUT2D eigenvalue weighted by Crippen LogP contribution is 2.24. The van der Waals surface area contributed by atoms with E-state index in [0.717, 1.165) is 62.9 Å². The van der Waals surface area contributed by atoms with E-state index in [4.69, 9.17) is 9.97 Å². The Hall–Kier alpha value is -3.34. The topological polar surface area (TPSA) is 56.5 Å². The zero-order valence-corrected chi connectivity index (χ0v) is 15.3. The van der Waals surface area contributed by atoms with E-state index in [9.17, 15) is 0 Å². The lowest BCUT2D eigenvalue weighted by Gasteiger charge is -2.05. The van der Waals surface area contributed by atoms with Crippen molar-refractivity contribution in [2.45, 2.75) is 19.8 Å². The number of aromatic nitrogens is 5. The third-order valence-corrected chi connectivity index (χ3v) is 5.15. The number of rotatable bonds is 3. The Labute approximate surface area is 156 Å². The van der Waals surface area contributed by atoms with Gasteiger partial charge >= 0.3 is 0 Å². The number of imidazole rings is 1. The fraction of sp³-hybridized carbons (Fsp3) is 0.182. The molecule has 0 aliphatic carbocycles. The smallest absolute Gasteiger partial charge is 0.110 e. The third kappa shape index (κ3) is 2.63. The second-order valence-electron chi connectivity index (χ2n) is 6.89. The largest absolute Gasteiger partial charge is 0.331 e. The highest BCUT2D eigenvalue weighted by atomic mass is 15.1. The summed E-state index contributed by atoms with van der Waals surface area (Å²) in [6.07, 6.45) is 5.33. The van der Waals surface area contributed by atoms with Gasteiger partial charge in [0.05, 0.1) is 33.3 Å². The average molecular weight is 353 g/mol. The molecule has 0 bridgehead atoms. The Morgan fingerprint density at radius 1 is 0.852 bits per heavy atom. The molecular weight excluding hydrogens is 334 g/mol. The van der Waals surface area contributed by atoms with Crippen LogP contribution in [-0.2, 0) is 19.9 Å². The molecule has 0 fully saturated rings. The van der Waals surface area contributed by atoms with Gasteiger partial charge in [0.2, 0.25) is 0 Å². The number of hydrogen-bond donors (Lipinski definition) is 0. The number of benzene rings is 2. The van der Waals surface area contributed by atoms with Crippen molar-refractivity contribution in [3.63, 3.8) is 0 Å². The van der Waals surface area contributed by atoms with Gasteiger partial charge in [-0.05, 0) is 49.2 Å². The first-order chi connectivity index (χ1) is 13.2. The minimum atomic E-state index is 0.810. The van der Waals surface area contributed by atoms with Gasteiger partial charge in [0.25, 0.3) is 0 Å². The van der Waals surface area contributed by atoms with Crippen LogP contribution in [0.25, 0.3) is 33.0 Å². The minimum Gasteiger partial charge on any atom is -0.331 e. The van der Waals surface area contributed by atoms with E-state index in [0.29, 0.717) is 0 Å². The number of aryl methyl sites for hydroxylation is 4. The Morgan fingerprint density at radius 2 is 1.78 bits per heavy atom. The summed E-state index contributed by atoms with van der Waals surface area (Å²) in [7, 11) is 2.07. The maximum absolute atomic E-state index is 4.91. The molecule has 0 aliphatic heterocycles. The summed E-state index contributed by atoms with van der Waals surface area (Å²) in [5, 5.41) is 1.10. The summed E-state index contributed by atoms with van der Waals surface area (Å²) in [6.45, 7) is 2.07. The lowest BCUT2D eigenvalue weighted by molar-refractivity contribution is 0.775. The zero-order valence-electron chi connectivity index (χ0n) is 15.3. The van der Waals surface area contributed by atoms with Crippen molar-refractivity contribution in [1.29, 1.82) is 0 Å². The second-order valence-corrected chi connectivity index (χ2v) is 6.89. The molecule has 5 nitrogen and oxygen atoms in total. The summed E-state index contributed by atoms with van der Waals surface area (Å²) >= 11 is 0. The first-order valence-electron chi connectivity index (χ1n) is 9.11. The van der Waals surface area contributed by atoms with Gasteiger partial charge in [-0.25, -0.2) is 9.97 Å².